The second kappa shape index (κ2) is 5.64. The van der Waals surface area contributed by atoms with E-state index in [0.29, 0.717) is 18.3 Å². The summed E-state index contributed by atoms with van der Waals surface area (Å²) in [5, 5.41) is 0. The van der Waals surface area contributed by atoms with Gasteiger partial charge in [0.25, 0.3) is 5.56 Å². The van der Waals surface area contributed by atoms with Crippen molar-refractivity contribution in [2.24, 2.45) is 5.92 Å². The summed E-state index contributed by atoms with van der Waals surface area (Å²) in [6.45, 7) is 6.25. The summed E-state index contributed by atoms with van der Waals surface area (Å²) in [5.41, 5.74) is 1.80. The van der Waals surface area contributed by atoms with Crippen LogP contribution in [0.2, 0.25) is 0 Å². The number of hydrogen-bond donors (Lipinski definition) is 0. The van der Waals surface area contributed by atoms with Crippen LogP contribution in [0.3, 0.4) is 0 Å². The van der Waals surface area contributed by atoms with Gasteiger partial charge in [0, 0.05) is 19.6 Å². The van der Waals surface area contributed by atoms with Gasteiger partial charge in [-0.2, -0.15) is 0 Å². The summed E-state index contributed by atoms with van der Waals surface area (Å²) in [6.07, 6.45) is 2.86. The first-order valence-corrected chi connectivity index (χ1v) is 8.57. The molecule has 2 aliphatic rings. The molecule has 1 saturated carbocycles. The van der Waals surface area contributed by atoms with E-state index in [1.54, 1.807) is 0 Å². The number of aromatic nitrogens is 2. The number of morpholine rings is 1. The maximum atomic E-state index is 12.9. The average molecular weight is 313 g/mol. The third-order valence-corrected chi connectivity index (χ3v) is 4.88. The van der Waals surface area contributed by atoms with E-state index < -0.39 is 0 Å². The van der Waals surface area contributed by atoms with Crippen molar-refractivity contribution in [3.8, 4) is 0 Å². The Labute approximate surface area is 135 Å². The van der Waals surface area contributed by atoms with Crippen LogP contribution >= 0.6 is 0 Å². The van der Waals surface area contributed by atoms with E-state index in [1.165, 1.54) is 12.8 Å². The molecular weight excluding hydrogens is 290 g/mol. The third-order valence-electron chi connectivity index (χ3n) is 4.88. The summed E-state index contributed by atoms with van der Waals surface area (Å²) in [4.78, 5) is 19.8. The van der Waals surface area contributed by atoms with Crippen molar-refractivity contribution in [2.45, 2.75) is 45.4 Å². The van der Waals surface area contributed by atoms with Crippen LogP contribution in [0.25, 0.3) is 11.0 Å². The number of para-hydroxylation sites is 2. The lowest BCUT2D eigenvalue weighted by Gasteiger charge is -2.37. The summed E-state index contributed by atoms with van der Waals surface area (Å²) in [6, 6.07) is 7.87. The monoisotopic (exact) mass is 313 g/mol. The Bertz CT molecular complexity index is 781. The van der Waals surface area contributed by atoms with Crippen molar-refractivity contribution in [1.82, 2.24) is 9.55 Å². The Morgan fingerprint density at radius 3 is 2.78 bits per heavy atom. The van der Waals surface area contributed by atoms with Crippen molar-refractivity contribution in [3.63, 3.8) is 0 Å². The van der Waals surface area contributed by atoms with Crippen LogP contribution in [0.15, 0.2) is 29.1 Å². The number of anilines is 1. The molecule has 23 heavy (non-hydrogen) atoms. The minimum atomic E-state index is 0.00912. The standard InChI is InChI=1S/C18H23N3O2/c1-3-21-15-7-5-4-6-14(15)19-17(18(21)22)20-10-12(2)23-16(11-20)13-8-9-13/h4-7,12-13,16H,3,8-11H2,1-2H3/t12-,16+/m0/s1. The second-order valence-electron chi connectivity index (χ2n) is 6.70. The zero-order chi connectivity index (χ0) is 16.0. The van der Waals surface area contributed by atoms with Gasteiger partial charge >= 0.3 is 0 Å². The smallest absolute Gasteiger partial charge is 0.293 e. The molecule has 5 nitrogen and oxygen atoms in total. The number of benzene rings is 1. The summed E-state index contributed by atoms with van der Waals surface area (Å²) < 4.78 is 7.89. The number of nitrogens with zero attached hydrogens (tertiary/aromatic N) is 3. The van der Waals surface area contributed by atoms with E-state index in [2.05, 4.69) is 11.8 Å². The van der Waals surface area contributed by atoms with E-state index in [1.807, 2.05) is 35.8 Å². The van der Waals surface area contributed by atoms with Crippen LogP contribution in [-0.4, -0.2) is 34.8 Å². The molecule has 122 valence electrons. The lowest BCUT2D eigenvalue weighted by atomic mass is 10.1. The van der Waals surface area contributed by atoms with Gasteiger partial charge in [-0.25, -0.2) is 4.98 Å². The Morgan fingerprint density at radius 2 is 2.04 bits per heavy atom. The highest BCUT2D eigenvalue weighted by Crippen LogP contribution is 2.37. The molecule has 0 bridgehead atoms. The third kappa shape index (κ3) is 2.63. The Hall–Kier alpha value is -1.88. The van der Waals surface area contributed by atoms with Gasteiger partial charge in [0.1, 0.15) is 0 Å². The minimum absolute atomic E-state index is 0.00912. The molecule has 4 rings (SSSR count). The first-order chi connectivity index (χ1) is 11.2. The molecule has 1 aliphatic carbocycles. The molecule has 2 aromatic rings. The molecule has 1 aromatic carbocycles. The van der Waals surface area contributed by atoms with Crippen LogP contribution in [0.4, 0.5) is 5.82 Å². The topological polar surface area (TPSA) is 47.4 Å². The molecule has 0 unspecified atom stereocenters. The van der Waals surface area contributed by atoms with E-state index in [0.717, 1.165) is 24.1 Å². The number of aryl methyl sites for hydroxylation is 1. The Kier molecular flexibility index (Phi) is 3.60. The lowest BCUT2D eigenvalue weighted by molar-refractivity contribution is -0.0274. The fraction of sp³-hybridized carbons (Fsp3) is 0.556. The van der Waals surface area contributed by atoms with Gasteiger partial charge in [-0.05, 0) is 44.7 Å². The minimum Gasteiger partial charge on any atom is -0.371 e. The van der Waals surface area contributed by atoms with Crippen molar-refractivity contribution in [1.29, 1.82) is 0 Å². The molecular formula is C18H23N3O2. The Balaban J connectivity index is 1.78. The van der Waals surface area contributed by atoms with Crippen molar-refractivity contribution >= 4 is 16.9 Å². The van der Waals surface area contributed by atoms with Crippen LogP contribution in [0.5, 0.6) is 0 Å². The first kappa shape index (κ1) is 14.7. The number of ether oxygens (including phenoxy) is 1. The summed E-state index contributed by atoms with van der Waals surface area (Å²) in [5.74, 6) is 1.24. The number of hydrogen-bond acceptors (Lipinski definition) is 4. The number of rotatable bonds is 3. The molecule has 2 atom stereocenters. The predicted octanol–water partition coefficient (Wildman–Crippen LogP) is 2.42. The molecule has 1 aliphatic heterocycles. The molecule has 0 N–H and O–H groups in total. The zero-order valence-electron chi connectivity index (χ0n) is 13.7. The molecule has 1 aromatic heterocycles. The molecule has 2 heterocycles. The fourth-order valence-corrected chi connectivity index (χ4v) is 3.59. The predicted molar refractivity (Wildman–Crippen MR) is 90.9 cm³/mol. The molecule has 5 heteroatoms. The van der Waals surface area contributed by atoms with Gasteiger partial charge in [-0.1, -0.05) is 12.1 Å². The highest BCUT2D eigenvalue weighted by atomic mass is 16.5. The van der Waals surface area contributed by atoms with Gasteiger partial charge in [0.05, 0.1) is 23.2 Å². The van der Waals surface area contributed by atoms with Crippen molar-refractivity contribution < 1.29 is 4.74 Å². The Morgan fingerprint density at radius 1 is 1.26 bits per heavy atom. The van der Waals surface area contributed by atoms with Gasteiger partial charge < -0.3 is 14.2 Å². The SMILES string of the molecule is CCn1c(=O)c(N2C[C@H](C)O[C@@H](C3CC3)C2)nc2ccccc21. The quantitative estimate of drug-likeness (QED) is 0.873. The largest absolute Gasteiger partial charge is 0.371 e. The summed E-state index contributed by atoms with van der Waals surface area (Å²) >= 11 is 0. The lowest BCUT2D eigenvalue weighted by Crippen LogP contribution is -2.50. The maximum absolute atomic E-state index is 12.9. The van der Waals surface area contributed by atoms with Gasteiger partial charge in [-0.15, -0.1) is 0 Å². The zero-order valence-corrected chi connectivity index (χ0v) is 13.7. The molecule has 0 amide bonds. The van der Waals surface area contributed by atoms with Crippen LogP contribution in [0.1, 0.15) is 26.7 Å². The van der Waals surface area contributed by atoms with Crippen molar-refractivity contribution in [3.05, 3.63) is 34.6 Å². The van der Waals surface area contributed by atoms with Crippen LogP contribution in [-0.2, 0) is 11.3 Å². The summed E-state index contributed by atoms with van der Waals surface area (Å²) in [7, 11) is 0. The fourth-order valence-electron chi connectivity index (χ4n) is 3.59. The first-order valence-electron chi connectivity index (χ1n) is 8.57. The van der Waals surface area contributed by atoms with E-state index in [-0.39, 0.29) is 17.8 Å². The highest BCUT2D eigenvalue weighted by Gasteiger charge is 2.38. The maximum Gasteiger partial charge on any atom is 0.293 e. The average Bonchev–Trinajstić information content (AvgIpc) is 3.38. The van der Waals surface area contributed by atoms with Crippen molar-refractivity contribution in [2.75, 3.05) is 18.0 Å². The van der Waals surface area contributed by atoms with E-state index >= 15 is 0 Å². The molecule has 0 spiro atoms. The van der Waals surface area contributed by atoms with Crippen LogP contribution in [0, 0.1) is 5.92 Å². The van der Waals surface area contributed by atoms with Gasteiger partial charge in [0.2, 0.25) is 0 Å². The van der Waals surface area contributed by atoms with Crippen LogP contribution < -0.4 is 10.5 Å². The second-order valence-corrected chi connectivity index (χ2v) is 6.70. The molecule has 0 radical (unpaired) electrons. The normalized spacial score (nSPS) is 25.0. The molecule has 1 saturated heterocycles. The molecule has 2 fully saturated rings. The van der Waals surface area contributed by atoms with Gasteiger partial charge in [0.15, 0.2) is 5.82 Å². The van der Waals surface area contributed by atoms with Gasteiger partial charge in [-0.3, -0.25) is 4.79 Å². The van der Waals surface area contributed by atoms with E-state index in [4.69, 9.17) is 9.72 Å². The number of fused-ring (bicyclic) bond motifs is 1. The van der Waals surface area contributed by atoms with E-state index in [9.17, 15) is 4.79 Å². The highest BCUT2D eigenvalue weighted by molar-refractivity contribution is 5.76.